The van der Waals surface area contributed by atoms with E-state index in [9.17, 15) is 4.79 Å². The second-order valence-corrected chi connectivity index (χ2v) is 4.52. The van der Waals surface area contributed by atoms with Crippen LogP contribution in [-0.4, -0.2) is 26.8 Å². The van der Waals surface area contributed by atoms with Crippen molar-refractivity contribution < 1.29 is 4.79 Å². The molecule has 0 fully saturated rings. The summed E-state index contributed by atoms with van der Waals surface area (Å²) in [5.74, 6) is 5.38. The minimum atomic E-state index is -0.682. The van der Waals surface area contributed by atoms with E-state index in [-0.39, 0.29) is 16.6 Å². The molecule has 0 radical (unpaired) electrons. The Balaban J connectivity index is 1.88. The van der Waals surface area contributed by atoms with Crippen molar-refractivity contribution >= 4 is 24.1 Å². The zero-order valence-electron chi connectivity index (χ0n) is 10.5. The number of nitrogen functional groups attached to an aromatic ring is 1. The highest BCUT2D eigenvalue weighted by molar-refractivity contribution is 7.71. The Morgan fingerprint density at radius 2 is 2.15 bits per heavy atom. The lowest BCUT2D eigenvalue weighted by atomic mass is 10.1. The summed E-state index contributed by atoms with van der Waals surface area (Å²) in [4.78, 5) is 11.8. The molecule has 1 aromatic carbocycles. The summed E-state index contributed by atoms with van der Waals surface area (Å²) in [6.07, 6.45) is 0.434. The SMILES string of the molecule is NC(Cc1ccccc1)C(=O)NNc1n[nH]c(=S)n1N. The van der Waals surface area contributed by atoms with Crippen molar-refractivity contribution in [2.75, 3.05) is 11.3 Å². The number of nitrogens with zero attached hydrogens (tertiary/aromatic N) is 2. The zero-order valence-corrected chi connectivity index (χ0v) is 11.4. The summed E-state index contributed by atoms with van der Waals surface area (Å²) in [5.41, 5.74) is 11.8. The number of aromatic amines is 1. The van der Waals surface area contributed by atoms with Crippen LogP contribution >= 0.6 is 12.2 Å². The van der Waals surface area contributed by atoms with E-state index in [1.165, 1.54) is 0 Å². The van der Waals surface area contributed by atoms with E-state index in [1.807, 2.05) is 30.3 Å². The van der Waals surface area contributed by atoms with Crippen molar-refractivity contribution in [3.8, 4) is 0 Å². The van der Waals surface area contributed by atoms with Gasteiger partial charge in [-0.2, -0.15) is 4.68 Å². The molecular formula is C11H15N7OS. The molecule has 1 unspecified atom stereocenters. The number of amides is 1. The maximum absolute atomic E-state index is 11.8. The molecular weight excluding hydrogens is 278 g/mol. The summed E-state index contributed by atoms with van der Waals surface area (Å²) in [7, 11) is 0. The van der Waals surface area contributed by atoms with Crippen LogP contribution in [0.1, 0.15) is 5.56 Å². The first-order valence-electron chi connectivity index (χ1n) is 5.86. The largest absolute Gasteiger partial charge is 0.334 e. The molecule has 0 aliphatic carbocycles. The molecule has 0 bridgehead atoms. The van der Waals surface area contributed by atoms with Gasteiger partial charge in [0.25, 0.3) is 11.9 Å². The number of hydrogen-bond acceptors (Lipinski definition) is 6. The fourth-order valence-corrected chi connectivity index (χ4v) is 1.70. The van der Waals surface area contributed by atoms with Gasteiger partial charge in [0, 0.05) is 0 Å². The average Bonchev–Trinajstić information content (AvgIpc) is 2.77. The average molecular weight is 293 g/mol. The number of carbonyl (C=O) groups excluding carboxylic acids is 1. The van der Waals surface area contributed by atoms with E-state index in [4.69, 9.17) is 23.8 Å². The van der Waals surface area contributed by atoms with E-state index in [0.717, 1.165) is 10.2 Å². The second-order valence-electron chi connectivity index (χ2n) is 4.13. The fourth-order valence-electron chi connectivity index (χ4n) is 1.56. The summed E-state index contributed by atoms with van der Waals surface area (Å²) in [6.45, 7) is 0. The van der Waals surface area contributed by atoms with Gasteiger partial charge >= 0.3 is 0 Å². The third-order valence-corrected chi connectivity index (χ3v) is 2.93. The monoisotopic (exact) mass is 293 g/mol. The van der Waals surface area contributed by atoms with Gasteiger partial charge in [0.15, 0.2) is 0 Å². The number of hydrazine groups is 1. The third kappa shape index (κ3) is 3.33. The van der Waals surface area contributed by atoms with Gasteiger partial charge in [0.1, 0.15) is 0 Å². The van der Waals surface area contributed by atoms with Gasteiger partial charge in [-0.3, -0.25) is 15.6 Å². The van der Waals surface area contributed by atoms with Crippen molar-refractivity contribution in [2.45, 2.75) is 12.5 Å². The van der Waals surface area contributed by atoms with Gasteiger partial charge in [0.2, 0.25) is 4.77 Å². The molecule has 2 rings (SSSR count). The molecule has 2 aromatic rings. The van der Waals surface area contributed by atoms with E-state index < -0.39 is 6.04 Å². The Labute approximate surface area is 120 Å². The smallest absolute Gasteiger partial charge is 0.260 e. The van der Waals surface area contributed by atoms with Crippen LogP contribution in [0, 0.1) is 4.77 Å². The first-order valence-corrected chi connectivity index (χ1v) is 6.26. The van der Waals surface area contributed by atoms with Gasteiger partial charge in [-0.1, -0.05) is 30.3 Å². The first-order chi connectivity index (χ1) is 9.58. The molecule has 0 saturated carbocycles. The van der Waals surface area contributed by atoms with Crippen molar-refractivity contribution in [3.05, 3.63) is 40.7 Å². The van der Waals surface area contributed by atoms with Crippen LogP contribution in [0.2, 0.25) is 0 Å². The molecule has 20 heavy (non-hydrogen) atoms. The van der Waals surface area contributed by atoms with Crippen LogP contribution < -0.4 is 22.4 Å². The Morgan fingerprint density at radius 3 is 2.75 bits per heavy atom. The van der Waals surface area contributed by atoms with Crippen LogP contribution in [0.3, 0.4) is 0 Å². The van der Waals surface area contributed by atoms with Gasteiger partial charge in [-0.05, 0) is 24.2 Å². The number of hydrogen-bond donors (Lipinski definition) is 5. The fraction of sp³-hybridized carbons (Fsp3) is 0.182. The first kappa shape index (κ1) is 14.0. The molecule has 1 amide bonds. The highest BCUT2D eigenvalue weighted by Gasteiger charge is 2.14. The molecule has 0 aliphatic heterocycles. The number of benzene rings is 1. The number of carbonyl (C=O) groups is 1. The van der Waals surface area contributed by atoms with E-state index in [1.54, 1.807) is 0 Å². The molecule has 0 aliphatic rings. The lowest BCUT2D eigenvalue weighted by molar-refractivity contribution is -0.121. The minimum Gasteiger partial charge on any atom is -0.334 e. The predicted molar refractivity (Wildman–Crippen MR) is 77.4 cm³/mol. The van der Waals surface area contributed by atoms with Gasteiger partial charge in [0.05, 0.1) is 6.04 Å². The number of anilines is 1. The summed E-state index contributed by atoms with van der Waals surface area (Å²) >= 11 is 4.83. The Bertz CT molecular complexity index is 636. The molecule has 0 spiro atoms. The number of aromatic nitrogens is 3. The maximum atomic E-state index is 11.8. The molecule has 9 heteroatoms. The van der Waals surface area contributed by atoms with Crippen molar-refractivity contribution in [1.82, 2.24) is 20.3 Å². The number of H-pyrrole nitrogens is 1. The van der Waals surface area contributed by atoms with E-state index in [0.29, 0.717) is 6.42 Å². The highest BCUT2D eigenvalue weighted by atomic mass is 32.1. The zero-order chi connectivity index (χ0) is 14.5. The minimum absolute atomic E-state index is 0.190. The topological polar surface area (TPSA) is 127 Å². The van der Waals surface area contributed by atoms with Gasteiger partial charge in [-0.15, -0.1) is 5.10 Å². The number of nitrogens with one attached hydrogen (secondary N) is 3. The van der Waals surface area contributed by atoms with Crippen molar-refractivity contribution in [2.24, 2.45) is 5.73 Å². The van der Waals surface area contributed by atoms with E-state index in [2.05, 4.69) is 21.0 Å². The maximum Gasteiger partial charge on any atom is 0.260 e. The lowest BCUT2D eigenvalue weighted by Crippen LogP contribution is -2.45. The Kier molecular flexibility index (Phi) is 4.33. The molecule has 1 atom stereocenters. The summed E-state index contributed by atoms with van der Waals surface area (Å²) in [5, 5.41) is 6.26. The molecule has 106 valence electrons. The van der Waals surface area contributed by atoms with E-state index >= 15 is 0 Å². The molecule has 7 N–H and O–H groups in total. The van der Waals surface area contributed by atoms with Crippen LogP contribution in [0.15, 0.2) is 30.3 Å². The highest BCUT2D eigenvalue weighted by Crippen LogP contribution is 2.02. The van der Waals surface area contributed by atoms with Crippen LogP contribution in [0.5, 0.6) is 0 Å². The lowest BCUT2D eigenvalue weighted by Gasteiger charge is -2.13. The third-order valence-electron chi connectivity index (χ3n) is 2.64. The normalized spacial score (nSPS) is 11.8. The predicted octanol–water partition coefficient (Wildman–Crippen LogP) is -0.332. The van der Waals surface area contributed by atoms with Crippen LogP contribution in [-0.2, 0) is 11.2 Å². The summed E-state index contributed by atoms with van der Waals surface area (Å²) < 4.78 is 1.33. The Morgan fingerprint density at radius 1 is 1.45 bits per heavy atom. The second kappa shape index (κ2) is 6.17. The molecule has 8 nitrogen and oxygen atoms in total. The Hall–Kier alpha value is -2.39. The number of rotatable bonds is 5. The molecule has 1 aromatic heterocycles. The molecule has 0 saturated heterocycles. The quantitative estimate of drug-likeness (QED) is 0.292. The summed E-state index contributed by atoms with van der Waals surface area (Å²) in [6, 6.07) is 8.82. The van der Waals surface area contributed by atoms with Gasteiger partial charge < -0.3 is 11.6 Å². The number of nitrogens with two attached hydrogens (primary N) is 2. The van der Waals surface area contributed by atoms with Gasteiger partial charge in [-0.25, -0.2) is 5.10 Å². The van der Waals surface area contributed by atoms with Crippen molar-refractivity contribution in [3.63, 3.8) is 0 Å². The molecule has 1 heterocycles. The van der Waals surface area contributed by atoms with Crippen LogP contribution in [0.4, 0.5) is 5.95 Å². The van der Waals surface area contributed by atoms with Crippen molar-refractivity contribution in [1.29, 1.82) is 0 Å². The standard InChI is InChI=1S/C11H15N7OS/c12-8(6-7-4-2-1-3-5-7)9(19)14-15-10-16-17-11(20)18(10)13/h1-5,8H,6,12-13H2,(H,14,19)(H,15,16)(H,17,20). The van der Waals surface area contributed by atoms with Crippen LogP contribution in [0.25, 0.3) is 0 Å².